The fourth-order valence-electron chi connectivity index (χ4n) is 4.69. The average molecular weight is 513 g/mol. The van der Waals surface area contributed by atoms with Gasteiger partial charge in [0.15, 0.2) is 11.6 Å². The molecule has 2 aliphatic rings. The number of ether oxygens (including phenoxy) is 2. The second-order valence-corrected chi connectivity index (χ2v) is 9.09. The third kappa shape index (κ3) is 4.62. The van der Waals surface area contributed by atoms with Gasteiger partial charge in [-0.05, 0) is 61.7 Å². The SMILES string of the molecule is COc1ccc(-c2nn(-c3ccccc3)cc2/C=C2/C(=O)N(CC3CCCO3)C(=O)C(C#N)=C2C)cc1F. The van der Waals surface area contributed by atoms with Gasteiger partial charge in [-0.15, -0.1) is 0 Å². The highest BCUT2D eigenvalue weighted by Crippen LogP contribution is 2.33. The van der Waals surface area contributed by atoms with Gasteiger partial charge in [0, 0.05) is 29.5 Å². The van der Waals surface area contributed by atoms with Gasteiger partial charge in [0.2, 0.25) is 0 Å². The van der Waals surface area contributed by atoms with Gasteiger partial charge < -0.3 is 9.47 Å². The molecule has 5 rings (SSSR count). The number of para-hydroxylation sites is 1. The minimum atomic E-state index is -0.625. The smallest absolute Gasteiger partial charge is 0.271 e. The van der Waals surface area contributed by atoms with E-state index in [1.54, 1.807) is 29.9 Å². The second kappa shape index (κ2) is 10.4. The molecule has 2 aliphatic heterocycles. The lowest BCUT2D eigenvalue weighted by Gasteiger charge is -2.29. The summed E-state index contributed by atoms with van der Waals surface area (Å²) in [6.07, 6.45) is 4.66. The Bertz CT molecular complexity index is 1510. The zero-order chi connectivity index (χ0) is 26.8. The predicted molar refractivity (Wildman–Crippen MR) is 137 cm³/mol. The first-order valence-electron chi connectivity index (χ1n) is 12.2. The maximum atomic E-state index is 14.6. The summed E-state index contributed by atoms with van der Waals surface area (Å²) < 4.78 is 27.0. The molecule has 0 radical (unpaired) electrons. The molecule has 8 nitrogen and oxygen atoms in total. The molecular weight excluding hydrogens is 487 g/mol. The summed E-state index contributed by atoms with van der Waals surface area (Å²) in [6, 6.07) is 15.8. The number of methoxy groups -OCH3 is 1. The number of benzene rings is 2. The normalized spacial score (nSPS) is 18.8. The number of carbonyl (C=O) groups excluding carboxylic acids is 2. The lowest BCUT2D eigenvalue weighted by molar-refractivity contribution is -0.142. The van der Waals surface area contributed by atoms with Gasteiger partial charge in [-0.3, -0.25) is 14.5 Å². The molecule has 3 heterocycles. The van der Waals surface area contributed by atoms with E-state index in [-0.39, 0.29) is 35.1 Å². The minimum Gasteiger partial charge on any atom is -0.494 e. The van der Waals surface area contributed by atoms with Gasteiger partial charge in [0.05, 0.1) is 25.4 Å². The first-order valence-corrected chi connectivity index (χ1v) is 12.2. The van der Waals surface area contributed by atoms with Crippen LogP contribution in [-0.2, 0) is 14.3 Å². The maximum absolute atomic E-state index is 14.6. The van der Waals surface area contributed by atoms with Crippen molar-refractivity contribution in [3.05, 3.63) is 82.8 Å². The molecule has 1 fully saturated rings. The van der Waals surface area contributed by atoms with Crippen LogP contribution >= 0.6 is 0 Å². The van der Waals surface area contributed by atoms with Crippen LogP contribution in [-0.4, -0.2) is 52.9 Å². The molecule has 1 atom stereocenters. The Morgan fingerprint density at radius 2 is 2.00 bits per heavy atom. The second-order valence-electron chi connectivity index (χ2n) is 9.09. The van der Waals surface area contributed by atoms with E-state index in [0.29, 0.717) is 23.4 Å². The molecule has 0 spiro atoms. The van der Waals surface area contributed by atoms with Crippen LogP contribution in [0, 0.1) is 17.1 Å². The Hall–Kier alpha value is -4.55. The molecule has 192 valence electrons. The largest absolute Gasteiger partial charge is 0.494 e. The van der Waals surface area contributed by atoms with E-state index in [2.05, 4.69) is 0 Å². The Balaban J connectivity index is 1.65. The van der Waals surface area contributed by atoms with Crippen LogP contribution in [0.15, 0.2) is 71.4 Å². The third-order valence-electron chi connectivity index (χ3n) is 6.72. The molecular formula is C29H25FN4O4. The average Bonchev–Trinajstić information content (AvgIpc) is 3.60. The van der Waals surface area contributed by atoms with Crippen molar-refractivity contribution >= 4 is 17.9 Å². The van der Waals surface area contributed by atoms with E-state index in [1.165, 1.54) is 19.2 Å². The molecule has 1 unspecified atom stereocenters. The van der Waals surface area contributed by atoms with E-state index in [9.17, 15) is 19.2 Å². The number of halogens is 1. The van der Waals surface area contributed by atoms with Gasteiger partial charge in [0.1, 0.15) is 17.3 Å². The molecule has 0 aliphatic carbocycles. The summed E-state index contributed by atoms with van der Waals surface area (Å²) in [5, 5.41) is 14.4. The Morgan fingerprint density at radius 3 is 2.66 bits per heavy atom. The monoisotopic (exact) mass is 512 g/mol. The number of carbonyl (C=O) groups is 2. The maximum Gasteiger partial charge on any atom is 0.271 e. The number of hydrogen-bond donors (Lipinski definition) is 0. The first kappa shape index (κ1) is 25.1. The Kier molecular flexibility index (Phi) is 6.90. The van der Waals surface area contributed by atoms with Crippen molar-refractivity contribution in [2.45, 2.75) is 25.9 Å². The van der Waals surface area contributed by atoms with E-state index in [4.69, 9.17) is 14.6 Å². The first-order chi connectivity index (χ1) is 18.4. The lowest BCUT2D eigenvalue weighted by atomic mass is 9.93. The molecule has 0 N–H and O–H groups in total. The van der Waals surface area contributed by atoms with Gasteiger partial charge in [-0.25, -0.2) is 9.07 Å². The fraction of sp³-hybridized carbons (Fsp3) is 0.241. The number of nitriles is 1. The van der Waals surface area contributed by atoms with Crippen LogP contribution in [0.2, 0.25) is 0 Å². The molecule has 38 heavy (non-hydrogen) atoms. The van der Waals surface area contributed by atoms with Crippen molar-refractivity contribution in [3.8, 4) is 28.8 Å². The van der Waals surface area contributed by atoms with E-state index >= 15 is 0 Å². The number of nitrogens with zero attached hydrogens (tertiary/aromatic N) is 4. The standard InChI is InChI=1S/C29H25FN4O4/c1-18-23(28(35)33(29(36)24(18)15-31)17-22-9-6-12-38-22)13-20-16-34(21-7-4-3-5-8-21)32-27(20)19-10-11-26(37-2)25(30)14-19/h3-5,7-8,10-11,13-14,16,22H,6,9,12,17H2,1-2H3/b23-13+. The molecule has 3 aromatic rings. The zero-order valence-electron chi connectivity index (χ0n) is 21.0. The highest BCUT2D eigenvalue weighted by molar-refractivity contribution is 6.19. The zero-order valence-corrected chi connectivity index (χ0v) is 21.0. The molecule has 1 aromatic heterocycles. The number of aromatic nitrogens is 2. The van der Waals surface area contributed by atoms with Crippen molar-refractivity contribution in [3.63, 3.8) is 0 Å². The number of amides is 2. The summed E-state index contributed by atoms with van der Waals surface area (Å²) in [5.41, 5.74) is 2.56. The third-order valence-corrected chi connectivity index (χ3v) is 6.72. The van der Waals surface area contributed by atoms with Gasteiger partial charge >= 0.3 is 0 Å². The van der Waals surface area contributed by atoms with Crippen molar-refractivity contribution in [2.24, 2.45) is 0 Å². The number of rotatable bonds is 6. The summed E-state index contributed by atoms with van der Waals surface area (Å²) in [7, 11) is 1.39. The van der Waals surface area contributed by atoms with E-state index in [1.807, 2.05) is 36.4 Å². The predicted octanol–water partition coefficient (Wildman–Crippen LogP) is 4.46. The van der Waals surface area contributed by atoms with Gasteiger partial charge in [-0.1, -0.05) is 18.2 Å². The van der Waals surface area contributed by atoms with Crippen molar-refractivity contribution < 1.29 is 23.5 Å². The number of imide groups is 1. The van der Waals surface area contributed by atoms with Crippen molar-refractivity contribution in [2.75, 3.05) is 20.3 Å². The van der Waals surface area contributed by atoms with E-state index < -0.39 is 17.6 Å². The summed E-state index contributed by atoms with van der Waals surface area (Å²) in [5.74, 6) is -1.59. The topological polar surface area (TPSA) is 97.4 Å². The summed E-state index contributed by atoms with van der Waals surface area (Å²) in [6.45, 7) is 2.23. The molecule has 2 aromatic carbocycles. The van der Waals surface area contributed by atoms with Crippen LogP contribution in [0.3, 0.4) is 0 Å². The molecule has 1 saturated heterocycles. The van der Waals surface area contributed by atoms with Gasteiger partial charge in [0.25, 0.3) is 11.8 Å². The Labute approximate surface area is 219 Å². The highest BCUT2D eigenvalue weighted by atomic mass is 19.1. The molecule has 0 bridgehead atoms. The van der Waals surface area contributed by atoms with Gasteiger partial charge in [-0.2, -0.15) is 10.4 Å². The molecule has 2 amide bonds. The van der Waals surface area contributed by atoms with E-state index in [0.717, 1.165) is 23.4 Å². The number of hydrogen-bond acceptors (Lipinski definition) is 6. The molecule has 0 saturated carbocycles. The summed E-state index contributed by atoms with van der Waals surface area (Å²) >= 11 is 0. The highest BCUT2D eigenvalue weighted by Gasteiger charge is 2.37. The van der Waals surface area contributed by atoms with Crippen LogP contribution in [0.4, 0.5) is 4.39 Å². The van der Waals surface area contributed by atoms with Crippen LogP contribution in [0.5, 0.6) is 5.75 Å². The summed E-state index contributed by atoms with van der Waals surface area (Å²) in [4.78, 5) is 27.7. The van der Waals surface area contributed by atoms with Crippen molar-refractivity contribution in [1.29, 1.82) is 5.26 Å². The molecule has 9 heteroatoms. The fourth-order valence-corrected chi connectivity index (χ4v) is 4.69. The van der Waals surface area contributed by atoms with Crippen LogP contribution < -0.4 is 4.74 Å². The lowest BCUT2D eigenvalue weighted by Crippen LogP contribution is -2.46. The Morgan fingerprint density at radius 1 is 1.21 bits per heavy atom. The minimum absolute atomic E-state index is 0.0767. The quantitative estimate of drug-likeness (QED) is 0.357. The van der Waals surface area contributed by atoms with Crippen molar-refractivity contribution in [1.82, 2.24) is 14.7 Å². The van der Waals surface area contributed by atoms with Crippen LogP contribution in [0.25, 0.3) is 23.0 Å². The van der Waals surface area contributed by atoms with Crippen LogP contribution in [0.1, 0.15) is 25.3 Å².